The van der Waals surface area contributed by atoms with Crippen LogP contribution in [-0.2, 0) is 26.2 Å². The van der Waals surface area contributed by atoms with Crippen molar-refractivity contribution in [3.8, 4) is 0 Å². The van der Waals surface area contributed by atoms with Gasteiger partial charge in [0.05, 0.1) is 0 Å². The van der Waals surface area contributed by atoms with Gasteiger partial charge >= 0.3 is 51.7 Å². The molecule has 0 atom stereocenters. The van der Waals surface area contributed by atoms with Gasteiger partial charge in [-0.1, -0.05) is 0 Å². The second-order valence-electron chi connectivity index (χ2n) is 0. The Morgan fingerprint density at radius 2 is 0.714 bits per heavy atom. The number of halogens is 2. The summed E-state index contributed by atoms with van der Waals surface area (Å²) in [6.45, 7) is 6.00. The van der Waals surface area contributed by atoms with Crippen molar-refractivity contribution in [1.82, 2.24) is 0 Å². The normalized spacial score (nSPS) is 0.571. The molecule has 0 spiro atoms. The molecule has 0 aliphatic heterocycles. The van der Waals surface area contributed by atoms with Gasteiger partial charge in [-0.3, -0.25) is 0 Å². The van der Waals surface area contributed by atoms with Crippen molar-refractivity contribution in [3.05, 3.63) is 13.2 Å². The summed E-state index contributed by atoms with van der Waals surface area (Å²) in [4.78, 5) is 0. The molecule has 44 valence electrons. The standard InChI is InChI=1S/C2H4.2ClH.2In.Zr.6H/c1-2;;;;;;;;;;;/h1-2H2;2*1H;;;;;;;;;. The van der Waals surface area contributed by atoms with Crippen LogP contribution in [0.25, 0.3) is 0 Å². The minimum Gasteiger partial charge on any atom is 0 e. The molecule has 0 fully saturated rings. The van der Waals surface area contributed by atoms with Gasteiger partial charge in [0.15, 0.2) is 0 Å². The van der Waals surface area contributed by atoms with E-state index in [4.69, 9.17) is 0 Å². The van der Waals surface area contributed by atoms with Gasteiger partial charge in [-0.25, -0.2) is 0 Å². The van der Waals surface area contributed by atoms with Crippen molar-refractivity contribution in [3.63, 3.8) is 0 Å². The molecule has 0 nitrogen and oxygen atoms in total. The molecule has 0 saturated carbocycles. The third-order valence-corrected chi connectivity index (χ3v) is 0. The average Bonchev–Trinajstić information content (AvgIpc) is 1.00. The summed E-state index contributed by atoms with van der Waals surface area (Å²) in [7, 11) is 0. The average molecular weight is 428 g/mol. The first-order valence-corrected chi connectivity index (χ1v) is 0.500. The maximum Gasteiger partial charge on any atom is 0 e. The van der Waals surface area contributed by atoms with E-state index >= 15 is 0 Å². The summed E-state index contributed by atoms with van der Waals surface area (Å²) >= 11 is 0. The second kappa shape index (κ2) is 65.1. The Bertz CT molecular complexity index is 13.7. The van der Waals surface area contributed by atoms with E-state index in [-0.39, 0.29) is 103 Å². The molecular weight excluding hydrogens is 416 g/mol. The molecule has 0 aromatic carbocycles. The van der Waals surface area contributed by atoms with Gasteiger partial charge in [0.2, 0.25) is 0 Å². The number of hydrogen-bond donors (Lipinski definition) is 0. The molecule has 0 aliphatic rings. The van der Waals surface area contributed by atoms with Crippen LogP contribution in [0.1, 0.15) is 0 Å². The molecule has 7 heavy (non-hydrogen) atoms. The SMILES string of the molecule is C=C.Cl.Cl.[InH3].[InH3].[Zr]. The molecule has 0 unspecified atom stereocenters. The van der Waals surface area contributed by atoms with E-state index in [2.05, 4.69) is 13.2 Å². The Morgan fingerprint density at radius 1 is 0.714 bits per heavy atom. The topological polar surface area (TPSA) is 0 Å². The molecule has 0 amide bonds. The summed E-state index contributed by atoms with van der Waals surface area (Å²) in [6.07, 6.45) is 0. The van der Waals surface area contributed by atoms with Crippen molar-refractivity contribution in [2.75, 3.05) is 0 Å². The summed E-state index contributed by atoms with van der Waals surface area (Å²) in [5, 5.41) is 0. The van der Waals surface area contributed by atoms with Crippen LogP contribution in [-0.4, -0.2) is 51.7 Å². The van der Waals surface area contributed by atoms with Crippen LogP contribution >= 0.6 is 24.8 Å². The van der Waals surface area contributed by atoms with Gasteiger partial charge in [0.1, 0.15) is 0 Å². The molecule has 0 heterocycles. The maximum atomic E-state index is 3.00. The van der Waals surface area contributed by atoms with Crippen LogP contribution < -0.4 is 0 Å². The molecule has 0 rings (SSSR count). The van der Waals surface area contributed by atoms with Crippen LogP contribution in [0, 0.1) is 0 Å². The fourth-order valence-electron chi connectivity index (χ4n) is 0. The smallest absolute Gasteiger partial charge is 0 e. The van der Waals surface area contributed by atoms with Gasteiger partial charge in [-0.2, -0.15) is 0 Å². The van der Waals surface area contributed by atoms with E-state index in [1.165, 1.54) is 0 Å². The Morgan fingerprint density at radius 3 is 0.714 bits per heavy atom. The van der Waals surface area contributed by atoms with Crippen molar-refractivity contribution in [2.45, 2.75) is 0 Å². The monoisotopic (exact) mass is 426 g/mol. The van der Waals surface area contributed by atoms with Gasteiger partial charge < -0.3 is 0 Å². The minimum absolute atomic E-state index is 0. The van der Waals surface area contributed by atoms with Crippen LogP contribution in [0.4, 0.5) is 0 Å². The van der Waals surface area contributed by atoms with E-state index in [0.717, 1.165) is 0 Å². The van der Waals surface area contributed by atoms with E-state index in [1.54, 1.807) is 0 Å². The molecule has 0 saturated heterocycles. The summed E-state index contributed by atoms with van der Waals surface area (Å²) in [6, 6.07) is 0. The van der Waals surface area contributed by atoms with Crippen LogP contribution in [0.5, 0.6) is 0 Å². The van der Waals surface area contributed by atoms with Gasteiger partial charge in [-0.05, 0) is 0 Å². The van der Waals surface area contributed by atoms with Crippen molar-refractivity contribution in [2.24, 2.45) is 0 Å². The van der Waals surface area contributed by atoms with Gasteiger partial charge in [-0.15, -0.1) is 38.0 Å². The molecule has 0 aromatic heterocycles. The van der Waals surface area contributed by atoms with Crippen molar-refractivity contribution >= 4 is 76.5 Å². The molecule has 0 aromatic rings. The Balaban J connectivity index is -0.000000000500. The minimum atomic E-state index is 0. The third kappa shape index (κ3) is 49.8. The first kappa shape index (κ1) is 51.1. The number of hydrogen-bond acceptors (Lipinski definition) is 0. The summed E-state index contributed by atoms with van der Waals surface area (Å²) in [5.41, 5.74) is 0. The van der Waals surface area contributed by atoms with E-state index in [9.17, 15) is 0 Å². The van der Waals surface area contributed by atoms with Crippen LogP contribution in [0.3, 0.4) is 0 Å². The van der Waals surface area contributed by atoms with Crippen LogP contribution in [0.15, 0.2) is 13.2 Å². The summed E-state index contributed by atoms with van der Waals surface area (Å²) in [5.74, 6) is 0. The van der Waals surface area contributed by atoms with E-state index < -0.39 is 0 Å². The number of rotatable bonds is 0. The first-order chi connectivity index (χ1) is 1.00. The summed E-state index contributed by atoms with van der Waals surface area (Å²) < 4.78 is 0. The van der Waals surface area contributed by atoms with Crippen molar-refractivity contribution < 1.29 is 26.2 Å². The predicted octanol–water partition coefficient (Wildman–Crippen LogP) is -0.725. The Kier molecular flexibility index (Phi) is 476. The zero-order chi connectivity index (χ0) is 2.00. The second-order valence-corrected chi connectivity index (χ2v) is 0. The molecule has 5 heteroatoms. The largest absolute Gasteiger partial charge is 0 e. The predicted molar refractivity (Wildman–Crippen MR) is 45.6 cm³/mol. The van der Waals surface area contributed by atoms with Crippen LogP contribution in [0.2, 0.25) is 0 Å². The first-order valence-electron chi connectivity index (χ1n) is 0.500. The van der Waals surface area contributed by atoms with Gasteiger partial charge in [0, 0.05) is 26.2 Å². The molecule has 0 radical (unpaired) electrons. The van der Waals surface area contributed by atoms with Crippen molar-refractivity contribution in [1.29, 1.82) is 0 Å². The zero-order valence-electron chi connectivity index (χ0n) is 2.73. The molecule has 0 bridgehead atoms. The maximum absolute atomic E-state index is 3.00. The third-order valence-electron chi connectivity index (χ3n) is 0. The van der Waals surface area contributed by atoms with E-state index in [1.807, 2.05) is 0 Å². The molecular formula is C2H12Cl2In2Zr. The quantitative estimate of drug-likeness (QED) is 0.448. The van der Waals surface area contributed by atoms with E-state index in [0.29, 0.717) is 0 Å². The van der Waals surface area contributed by atoms with Gasteiger partial charge in [0.25, 0.3) is 0 Å². The Labute approximate surface area is 114 Å². The molecule has 0 aliphatic carbocycles. The molecule has 0 N–H and O–H groups in total. The fraction of sp³-hybridized carbons (Fsp3) is 0. The Hall–Kier alpha value is 2.94. The fourth-order valence-corrected chi connectivity index (χ4v) is 0. The zero-order valence-corrected chi connectivity index (χ0v) is 6.82.